The van der Waals surface area contributed by atoms with Crippen LogP contribution in [-0.2, 0) is 4.79 Å². The molecule has 0 aliphatic carbocycles. The Morgan fingerprint density at radius 1 is 1.33 bits per heavy atom. The molecule has 0 saturated carbocycles. The Bertz CT molecular complexity index is 409. The van der Waals surface area contributed by atoms with Crippen molar-refractivity contribution < 1.29 is 14.3 Å². The summed E-state index contributed by atoms with van der Waals surface area (Å²) < 4.78 is 12.9. The van der Waals surface area contributed by atoms with Gasteiger partial charge < -0.3 is 5.11 Å². The average molecular weight is 253 g/mol. The largest absolute Gasteiger partial charge is 0.480 e. The third-order valence-electron chi connectivity index (χ3n) is 2.99. The second-order valence-corrected chi connectivity index (χ2v) is 5.42. The van der Waals surface area contributed by atoms with Crippen LogP contribution in [0.2, 0.25) is 0 Å². The van der Waals surface area contributed by atoms with Gasteiger partial charge in [-0.3, -0.25) is 9.69 Å². The number of aliphatic carboxylic acids is 1. The molecule has 4 heteroatoms. The normalized spacial score (nSPS) is 13.7. The zero-order valence-electron chi connectivity index (χ0n) is 11.3. The van der Waals surface area contributed by atoms with E-state index in [9.17, 15) is 9.18 Å². The van der Waals surface area contributed by atoms with Gasteiger partial charge in [0.05, 0.1) is 6.54 Å². The van der Waals surface area contributed by atoms with Gasteiger partial charge in [-0.05, 0) is 45.4 Å². The summed E-state index contributed by atoms with van der Waals surface area (Å²) in [5.74, 6) is -1.15. The summed E-state index contributed by atoms with van der Waals surface area (Å²) in [4.78, 5) is 12.8. The van der Waals surface area contributed by atoms with Gasteiger partial charge in [-0.25, -0.2) is 4.39 Å². The number of carboxylic acids is 1. The summed E-state index contributed by atoms with van der Waals surface area (Å²) in [7, 11) is 0. The summed E-state index contributed by atoms with van der Waals surface area (Å²) >= 11 is 0. The Kier molecular flexibility index (Phi) is 4.46. The van der Waals surface area contributed by atoms with Gasteiger partial charge in [-0.15, -0.1) is 0 Å². The Labute approximate surface area is 107 Å². The first-order valence-corrected chi connectivity index (χ1v) is 5.96. The molecule has 0 radical (unpaired) electrons. The minimum Gasteiger partial charge on any atom is -0.480 e. The molecule has 0 amide bonds. The summed E-state index contributed by atoms with van der Waals surface area (Å²) in [6.07, 6.45) is 0. The Hall–Kier alpha value is -1.42. The highest BCUT2D eigenvalue weighted by Gasteiger charge is 2.28. The van der Waals surface area contributed by atoms with E-state index in [0.717, 1.165) is 5.56 Å². The number of carbonyl (C=O) groups is 1. The van der Waals surface area contributed by atoms with Crippen LogP contribution in [0.25, 0.3) is 0 Å². The second-order valence-electron chi connectivity index (χ2n) is 5.42. The van der Waals surface area contributed by atoms with Crippen LogP contribution in [0.5, 0.6) is 0 Å². The lowest BCUT2D eigenvalue weighted by atomic mass is 9.99. The molecule has 1 atom stereocenters. The minimum absolute atomic E-state index is 0.0396. The molecule has 0 aliphatic heterocycles. The van der Waals surface area contributed by atoms with Crippen molar-refractivity contribution >= 4 is 5.97 Å². The highest BCUT2D eigenvalue weighted by molar-refractivity contribution is 5.69. The molecule has 0 bridgehead atoms. The van der Waals surface area contributed by atoms with Crippen LogP contribution in [-0.4, -0.2) is 28.1 Å². The number of nitrogens with zero attached hydrogens (tertiary/aromatic N) is 1. The molecule has 1 aromatic rings. The average Bonchev–Trinajstić information content (AvgIpc) is 2.24. The molecule has 3 nitrogen and oxygen atoms in total. The molecule has 1 aromatic carbocycles. The predicted molar refractivity (Wildman–Crippen MR) is 68.9 cm³/mol. The lowest BCUT2D eigenvalue weighted by Gasteiger charge is -2.39. The summed E-state index contributed by atoms with van der Waals surface area (Å²) in [5, 5.41) is 8.99. The lowest BCUT2D eigenvalue weighted by molar-refractivity contribution is -0.140. The van der Waals surface area contributed by atoms with Gasteiger partial charge in [0, 0.05) is 11.6 Å². The van der Waals surface area contributed by atoms with Crippen molar-refractivity contribution in [3.63, 3.8) is 0 Å². The van der Waals surface area contributed by atoms with E-state index in [1.54, 1.807) is 12.1 Å². The molecule has 0 aromatic heterocycles. The highest BCUT2D eigenvalue weighted by atomic mass is 19.1. The van der Waals surface area contributed by atoms with Gasteiger partial charge in [0.2, 0.25) is 0 Å². The summed E-state index contributed by atoms with van der Waals surface area (Å²) in [6.45, 7) is 7.80. The van der Waals surface area contributed by atoms with Crippen molar-refractivity contribution in [3.05, 3.63) is 35.6 Å². The Balaban J connectivity index is 2.98. The van der Waals surface area contributed by atoms with Crippen molar-refractivity contribution in [2.24, 2.45) is 0 Å². The third kappa shape index (κ3) is 3.81. The number of halogens is 1. The Morgan fingerprint density at radius 2 is 1.83 bits per heavy atom. The van der Waals surface area contributed by atoms with E-state index in [4.69, 9.17) is 5.11 Å². The molecule has 1 rings (SSSR count). The van der Waals surface area contributed by atoms with Crippen molar-refractivity contribution in [2.75, 3.05) is 6.54 Å². The number of carboxylic acid groups (broad SMARTS) is 1. The van der Waals surface area contributed by atoms with E-state index in [0.29, 0.717) is 0 Å². The molecule has 0 saturated heterocycles. The van der Waals surface area contributed by atoms with Crippen LogP contribution in [0.15, 0.2) is 24.3 Å². The predicted octanol–water partition coefficient (Wildman–Crippen LogP) is 3.07. The molecule has 1 N–H and O–H groups in total. The van der Waals surface area contributed by atoms with E-state index in [1.165, 1.54) is 12.1 Å². The van der Waals surface area contributed by atoms with Gasteiger partial charge >= 0.3 is 5.97 Å². The van der Waals surface area contributed by atoms with E-state index in [2.05, 4.69) is 0 Å². The first kappa shape index (κ1) is 14.6. The zero-order chi connectivity index (χ0) is 13.9. The van der Waals surface area contributed by atoms with Crippen LogP contribution >= 0.6 is 0 Å². The van der Waals surface area contributed by atoms with Crippen molar-refractivity contribution in [1.82, 2.24) is 4.90 Å². The van der Waals surface area contributed by atoms with E-state index >= 15 is 0 Å². The van der Waals surface area contributed by atoms with E-state index in [1.807, 2.05) is 32.6 Å². The fraction of sp³-hybridized carbons (Fsp3) is 0.500. The van der Waals surface area contributed by atoms with Gasteiger partial charge in [-0.1, -0.05) is 12.1 Å². The van der Waals surface area contributed by atoms with Gasteiger partial charge in [0.25, 0.3) is 0 Å². The number of hydrogen-bond donors (Lipinski definition) is 1. The zero-order valence-corrected chi connectivity index (χ0v) is 11.3. The van der Waals surface area contributed by atoms with Crippen molar-refractivity contribution in [2.45, 2.75) is 39.3 Å². The SMILES string of the molecule is CC(c1ccc(F)cc1)N(CC(=O)O)C(C)(C)C. The maximum atomic E-state index is 12.9. The smallest absolute Gasteiger partial charge is 0.317 e. The highest BCUT2D eigenvalue weighted by Crippen LogP contribution is 2.27. The lowest BCUT2D eigenvalue weighted by Crippen LogP contribution is -2.45. The van der Waals surface area contributed by atoms with Gasteiger partial charge in [-0.2, -0.15) is 0 Å². The molecule has 100 valence electrons. The molecule has 0 aliphatic rings. The van der Waals surface area contributed by atoms with Gasteiger partial charge in [0.1, 0.15) is 5.82 Å². The van der Waals surface area contributed by atoms with Crippen LogP contribution in [0, 0.1) is 5.82 Å². The van der Waals surface area contributed by atoms with Crippen LogP contribution < -0.4 is 0 Å². The van der Waals surface area contributed by atoms with E-state index in [-0.39, 0.29) is 23.9 Å². The van der Waals surface area contributed by atoms with Crippen LogP contribution in [0.4, 0.5) is 4.39 Å². The number of rotatable bonds is 4. The van der Waals surface area contributed by atoms with Gasteiger partial charge in [0.15, 0.2) is 0 Å². The second kappa shape index (κ2) is 5.48. The fourth-order valence-electron chi connectivity index (χ4n) is 2.02. The maximum Gasteiger partial charge on any atom is 0.317 e. The molecular weight excluding hydrogens is 233 g/mol. The van der Waals surface area contributed by atoms with E-state index < -0.39 is 5.97 Å². The molecular formula is C14H20FNO2. The summed E-state index contributed by atoms with van der Waals surface area (Å²) in [5.41, 5.74) is 0.638. The molecule has 1 unspecified atom stereocenters. The summed E-state index contributed by atoms with van der Waals surface area (Å²) in [6, 6.07) is 6.10. The number of benzene rings is 1. The maximum absolute atomic E-state index is 12.9. The molecule has 18 heavy (non-hydrogen) atoms. The fourth-order valence-corrected chi connectivity index (χ4v) is 2.02. The van der Waals surface area contributed by atoms with Crippen LogP contribution in [0.1, 0.15) is 39.3 Å². The first-order valence-electron chi connectivity index (χ1n) is 5.96. The molecule has 0 spiro atoms. The molecule has 0 heterocycles. The van der Waals surface area contributed by atoms with Crippen molar-refractivity contribution in [1.29, 1.82) is 0 Å². The minimum atomic E-state index is -0.862. The topological polar surface area (TPSA) is 40.5 Å². The third-order valence-corrected chi connectivity index (χ3v) is 2.99. The van der Waals surface area contributed by atoms with Crippen molar-refractivity contribution in [3.8, 4) is 0 Å². The number of hydrogen-bond acceptors (Lipinski definition) is 2. The quantitative estimate of drug-likeness (QED) is 0.896. The van der Waals surface area contributed by atoms with Crippen LogP contribution in [0.3, 0.4) is 0 Å². The Morgan fingerprint density at radius 3 is 2.22 bits per heavy atom. The first-order chi connectivity index (χ1) is 8.21. The monoisotopic (exact) mass is 253 g/mol. The molecule has 0 fully saturated rings. The standard InChI is InChI=1S/C14H20FNO2/c1-10(11-5-7-12(15)8-6-11)16(9-13(17)18)14(2,3)4/h5-8,10H,9H2,1-4H3,(H,17,18).